The van der Waals surface area contributed by atoms with Crippen LogP contribution in [0.15, 0.2) is 64.5 Å². The third-order valence-electron chi connectivity index (χ3n) is 12.4. The molecule has 14 nitrogen and oxygen atoms in total. The van der Waals surface area contributed by atoms with Gasteiger partial charge in [0.25, 0.3) is 0 Å². The van der Waals surface area contributed by atoms with E-state index in [1.165, 1.54) is 4.31 Å². The van der Waals surface area contributed by atoms with E-state index in [0.29, 0.717) is 31.1 Å². The number of carbonyl (C=O) groups is 2. The fourth-order valence-corrected chi connectivity index (χ4v) is 10.5. The van der Waals surface area contributed by atoms with E-state index in [4.69, 9.17) is 0 Å². The molecule has 8 rings (SSSR count). The van der Waals surface area contributed by atoms with E-state index >= 15 is 0 Å². The van der Waals surface area contributed by atoms with Gasteiger partial charge in [0.05, 0.1) is 21.5 Å². The number of aromatic nitrogens is 4. The number of carbonyl (C=O) groups excluding carboxylic acids is 2. The van der Waals surface area contributed by atoms with Crippen LogP contribution >= 0.6 is 0 Å². The molecule has 4 aromatic rings. The van der Waals surface area contributed by atoms with Crippen LogP contribution in [0.5, 0.6) is 0 Å². The lowest BCUT2D eigenvalue weighted by molar-refractivity contribution is -0.138. The Morgan fingerprint density at radius 1 is 0.845 bits per heavy atom. The maximum atomic E-state index is 13.7. The van der Waals surface area contributed by atoms with Crippen molar-refractivity contribution in [3.63, 3.8) is 0 Å². The van der Waals surface area contributed by atoms with Crippen molar-refractivity contribution in [2.45, 2.75) is 80.4 Å². The summed E-state index contributed by atoms with van der Waals surface area (Å²) in [6.45, 7) is 5.14. The second-order valence-corrected chi connectivity index (χ2v) is 18.0. The first-order valence-electron chi connectivity index (χ1n) is 20.0. The molecule has 0 spiro atoms. The molecule has 0 aliphatic carbocycles. The van der Waals surface area contributed by atoms with E-state index in [1.807, 2.05) is 12.1 Å². The van der Waals surface area contributed by atoms with Crippen molar-refractivity contribution < 1.29 is 31.2 Å². The summed E-state index contributed by atoms with van der Waals surface area (Å²) in [6, 6.07) is 12.4. The maximum Gasteiger partial charge on any atom is 0.419 e. The van der Waals surface area contributed by atoms with Gasteiger partial charge in [0, 0.05) is 70.3 Å². The number of rotatable bonds is 9. The van der Waals surface area contributed by atoms with Crippen LogP contribution in [0.4, 0.5) is 24.8 Å². The molecule has 2 N–H and O–H groups in total. The SMILES string of the molecule is Cn1c(=O)n(C2CCC(=O)NC2=O)c2cc(C3CCN(CC4CCN(c5cccc(S(=O)(=O)N6CCC(Nc7ncc(C(F)(F)F)cn7)CC6)c5)CC4)CC3)ccc21. The molecule has 1 unspecified atom stereocenters. The summed E-state index contributed by atoms with van der Waals surface area (Å²) in [5.41, 5.74) is 2.34. The smallest absolute Gasteiger partial charge is 0.371 e. The van der Waals surface area contributed by atoms with Gasteiger partial charge in [-0.05, 0) is 106 Å². The highest BCUT2D eigenvalue weighted by atomic mass is 32.2. The number of likely N-dealkylation sites (tertiary alicyclic amines) is 1. The zero-order chi connectivity index (χ0) is 40.8. The highest BCUT2D eigenvalue weighted by molar-refractivity contribution is 7.89. The number of nitrogens with zero attached hydrogens (tertiary/aromatic N) is 7. The molecule has 0 radical (unpaired) electrons. The van der Waals surface area contributed by atoms with E-state index in [9.17, 15) is 36.0 Å². The van der Waals surface area contributed by atoms with Crippen molar-refractivity contribution in [1.29, 1.82) is 0 Å². The molecule has 2 aromatic heterocycles. The molecule has 4 saturated heterocycles. The molecular weight excluding hydrogens is 776 g/mol. The second kappa shape index (κ2) is 16.1. The first-order chi connectivity index (χ1) is 27.7. The number of imidazole rings is 1. The van der Waals surface area contributed by atoms with Gasteiger partial charge in [0.1, 0.15) is 6.04 Å². The van der Waals surface area contributed by atoms with Crippen molar-refractivity contribution in [3.05, 3.63) is 76.5 Å². The summed E-state index contributed by atoms with van der Waals surface area (Å²) in [5.74, 6) is 0.204. The number of anilines is 2. The van der Waals surface area contributed by atoms with Crippen molar-refractivity contribution >= 4 is 44.5 Å². The van der Waals surface area contributed by atoms with Crippen LogP contribution in [0.1, 0.15) is 74.5 Å². The minimum atomic E-state index is -4.52. The fourth-order valence-electron chi connectivity index (χ4n) is 9.02. The van der Waals surface area contributed by atoms with Crippen LogP contribution in [0.25, 0.3) is 11.0 Å². The van der Waals surface area contributed by atoms with Gasteiger partial charge in [0.15, 0.2) is 0 Å². The van der Waals surface area contributed by atoms with Crippen LogP contribution in [-0.4, -0.2) is 100 Å². The minimum absolute atomic E-state index is 0.0812. The number of benzene rings is 2. The van der Waals surface area contributed by atoms with Gasteiger partial charge in [-0.2, -0.15) is 17.5 Å². The molecule has 2 amide bonds. The van der Waals surface area contributed by atoms with Gasteiger partial charge in [0.2, 0.25) is 27.8 Å². The van der Waals surface area contributed by atoms with Crippen LogP contribution in [0.2, 0.25) is 0 Å². The maximum absolute atomic E-state index is 13.7. The zero-order valence-electron chi connectivity index (χ0n) is 32.3. The Bertz CT molecular complexity index is 2330. The number of fused-ring (bicyclic) bond motifs is 1. The molecule has 2 aromatic carbocycles. The lowest BCUT2D eigenvalue weighted by Crippen LogP contribution is -2.44. The van der Waals surface area contributed by atoms with Gasteiger partial charge >= 0.3 is 11.9 Å². The summed E-state index contributed by atoms with van der Waals surface area (Å²) in [5, 5.41) is 5.42. The van der Waals surface area contributed by atoms with E-state index < -0.39 is 33.7 Å². The number of alkyl halides is 3. The lowest BCUT2D eigenvalue weighted by Gasteiger charge is -2.38. The Kier molecular flexibility index (Phi) is 11.1. The third kappa shape index (κ3) is 8.23. The van der Waals surface area contributed by atoms with Gasteiger partial charge in [-0.1, -0.05) is 12.1 Å². The van der Waals surface area contributed by atoms with Gasteiger partial charge in [-0.3, -0.25) is 24.0 Å². The molecular formula is C40H48F3N9O5S. The first-order valence-corrected chi connectivity index (χ1v) is 21.5. The molecule has 310 valence electrons. The summed E-state index contributed by atoms with van der Waals surface area (Å²) in [6.07, 6.45) is 2.37. The second-order valence-electron chi connectivity index (χ2n) is 16.0. The molecule has 58 heavy (non-hydrogen) atoms. The molecule has 6 heterocycles. The topological polar surface area (TPSA) is 155 Å². The highest BCUT2D eigenvalue weighted by Crippen LogP contribution is 2.34. The van der Waals surface area contributed by atoms with Crippen molar-refractivity contribution in [2.24, 2.45) is 13.0 Å². The molecule has 0 saturated carbocycles. The molecule has 4 aliphatic heterocycles. The summed E-state index contributed by atoms with van der Waals surface area (Å²) in [4.78, 5) is 50.3. The van der Waals surface area contributed by atoms with Gasteiger partial charge in [-0.25, -0.2) is 23.2 Å². The number of nitrogens with one attached hydrogen (secondary N) is 2. The zero-order valence-corrected chi connectivity index (χ0v) is 33.1. The summed E-state index contributed by atoms with van der Waals surface area (Å²) < 4.78 is 70.5. The largest absolute Gasteiger partial charge is 0.419 e. The third-order valence-corrected chi connectivity index (χ3v) is 14.3. The number of sulfonamides is 1. The molecule has 4 aliphatic rings. The monoisotopic (exact) mass is 823 g/mol. The average Bonchev–Trinajstić information content (AvgIpc) is 3.46. The predicted octanol–water partition coefficient (Wildman–Crippen LogP) is 4.49. The number of halogens is 3. The van der Waals surface area contributed by atoms with Crippen molar-refractivity contribution in [2.75, 3.05) is 56.0 Å². The molecule has 18 heteroatoms. The van der Waals surface area contributed by atoms with Crippen LogP contribution in [-0.2, 0) is 32.8 Å². The Morgan fingerprint density at radius 3 is 2.22 bits per heavy atom. The summed E-state index contributed by atoms with van der Waals surface area (Å²) >= 11 is 0. The summed E-state index contributed by atoms with van der Waals surface area (Å²) in [7, 11) is -2.04. The van der Waals surface area contributed by atoms with Crippen LogP contribution in [0.3, 0.4) is 0 Å². The number of piperidine rings is 4. The number of hydrogen-bond donors (Lipinski definition) is 2. The van der Waals surface area contributed by atoms with Crippen molar-refractivity contribution in [3.8, 4) is 0 Å². The molecule has 4 fully saturated rings. The number of imide groups is 1. The Morgan fingerprint density at radius 2 is 1.55 bits per heavy atom. The quantitative estimate of drug-likeness (QED) is 0.231. The molecule has 0 bridgehead atoms. The Hall–Kier alpha value is -4.81. The van der Waals surface area contributed by atoms with Gasteiger partial charge < -0.3 is 15.1 Å². The van der Waals surface area contributed by atoms with E-state index in [0.717, 1.165) is 93.1 Å². The average molecular weight is 824 g/mol. The van der Waals surface area contributed by atoms with Crippen LogP contribution in [0, 0.1) is 5.92 Å². The van der Waals surface area contributed by atoms with Crippen molar-refractivity contribution in [1.82, 2.24) is 33.6 Å². The number of hydrogen-bond acceptors (Lipinski definition) is 10. The standard InChI is InChI=1S/C40H48F3N9O5S/c1-48-33-6-5-28(21-35(33)52(39(48)55)34-7-8-36(53)47-37(34)54)27-11-15-49(16-12-27)25-26-9-17-50(18-10-26)31-3-2-4-32(22-31)58(56,57)51-19-13-30(14-20-51)46-38-44-23-29(24-45-38)40(41,42)43/h2-6,21-24,26-27,30,34H,7-20,25H2,1H3,(H,44,45,46)(H,47,53,54). The highest BCUT2D eigenvalue weighted by Gasteiger charge is 2.34. The molecule has 1 atom stereocenters. The Labute approximate surface area is 334 Å². The van der Waals surface area contributed by atoms with E-state index in [-0.39, 0.29) is 48.0 Å². The number of aryl methyl sites for hydroxylation is 1. The van der Waals surface area contributed by atoms with E-state index in [2.05, 4.69) is 42.5 Å². The predicted molar refractivity (Wildman–Crippen MR) is 211 cm³/mol. The lowest BCUT2D eigenvalue weighted by atomic mass is 9.88. The van der Waals surface area contributed by atoms with E-state index in [1.54, 1.807) is 34.4 Å². The van der Waals surface area contributed by atoms with Gasteiger partial charge in [-0.15, -0.1) is 0 Å². The Balaban J connectivity index is 0.816. The first kappa shape index (κ1) is 40.0. The van der Waals surface area contributed by atoms with Crippen LogP contribution < -0.4 is 21.2 Å². The number of amides is 2. The fraction of sp³-hybridized carbons (Fsp3) is 0.525. The normalized spacial score (nSPS) is 21.4. The minimum Gasteiger partial charge on any atom is -0.371 e.